The van der Waals surface area contributed by atoms with Gasteiger partial charge in [-0.25, -0.2) is 19.6 Å². The topological polar surface area (TPSA) is 67.1 Å². The molecule has 0 spiro atoms. The Morgan fingerprint density at radius 2 is 2.00 bits per heavy atom. The zero-order valence-electron chi connectivity index (χ0n) is 10.3. The minimum Gasteiger partial charge on any atom is -0.353 e. The van der Waals surface area contributed by atoms with Crippen LogP contribution in [-0.2, 0) is 6.54 Å². The van der Waals surface area contributed by atoms with E-state index in [1.54, 1.807) is 25.2 Å². The van der Waals surface area contributed by atoms with E-state index in [0.29, 0.717) is 5.56 Å². The van der Waals surface area contributed by atoms with Gasteiger partial charge in [-0.3, -0.25) is 5.43 Å². The van der Waals surface area contributed by atoms with E-state index >= 15 is 0 Å². The van der Waals surface area contributed by atoms with Crippen LogP contribution in [0.5, 0.6) is 0 Å². The first-order valence-electron chi connectivity index (χ1n) is 5.55. The summed E-state index contributed by atoms with van der Waals surface area (Å²) in [6.07, 6.45) is 1.01. The zero-order valence-corrected chi connectivity index (χ0v) is 10.3. The van der Waals surface area contributed by atoms with Crippen LogP contribution in [0.25, 0.3) is 0 Å². The van der Waals surface area contributed by atoms with Gasteiger partial charge >= 0.3 is 0 Å². The molecule has 19 heavy (non-hydrogen) atoms. The average Bonchev–Trinajstić information content (AvgIpc) is 2.42. The maximum Gasteiger partial charge on any atom is 0.239 e. The number of nitrogens with zero attached hydrogens (tertiary/aromatic N) is 3. The molecule has 0 atom stereocenters. The molecule has 0 bridgehead atoms. The number of anilines is 2. The summed E-state index contributed by atoms with van der Waals surface area (Å²) >= 11 is 0. The molecule has 1 aromatic carbocycles. The Morgan fingerprint density at radius 3 is 2.68 bits per heavy atom. The van der Waals surface area contributed by atoms with Crippen LogP contribution in [0, 0.1) is 11.6 Å². The van der Waals surface area contributed by atoms with Crippen molar-refractivity contribution in [2.45, 2.75) is 6.54 Å². The highest BCUT2D eigenvalue weighted by Gasteiger charge is 2.13. The average molecular weight is 265 g/mol. The molecule has 5 nitrogen and oxygen atoms in total. The summed E-state index contributed by atoms with van der Waals surface area (Å²) in [5.41, 5.74) is 2.68. The van der Waals surface area contributed by atoms with E-state index in [1.165, 1.54) is 11.0 Å². The lowest BCUT2D eigenvalue weighted by molar-refractivity contribution is 0.594. The van der Waals surface area contributed by atoms with Gasteiger partial charge in [0.1, 0.15) is 5.82 Å². The molecule has 7 heteroatoms. The Balaban J connectivity index is 2.25. The highest BCUT2D eigenvalue weighted by molar-refractivity contribution is 5.43. The maximum absolute atomic E-state index is 13.6. The van der Waals surface area contributed by atoms with Crippen LogP contribution in [0.4, 0.5) is 20.5 Å². The molecule has 0 saturated heterocycles. The van der Waals surface area contributed by atoms with Gasteiger partial charge < -0.3 is 4.90 Å². The smallest absolute Gasteiger partial charge is 0.239 e. The first-order valence-corrected chi connectivity index (χ1v) is 5.55. The van der Waals surface area contributed by atoms with E-state index in [9.17, 15) is 8.78 Å². The van der Waals surface area contributed by atoms with Crippen molar-refractivity contribution in [1.82, 2.24) is 9.97 Å². The number of halogens is 2. The summed E-state index contributed by atoms with van der Waals surface area (Å²) in [5.74, 6) is 4.37. The van der Waals surface area contributed by atoms with Gasteiger partial charge in [0.15, 0.2) is 11.6 Å². The van der Waals surface area contributed by atoms with Crippen molar-refractivity contribution in [3.63, 3.8) is 0 Å². The fourth-order valence-electron chi connectivity index (χ4n) is 1.65. The normalized spacial score (nSPS) is 10.3. The molecular formula is C12H13F2N5. The molecule has 1 heterocycles. The Labute approximate surface area is 109 Å². The van der Waals surface area contributed by atoms with Crippen LogP contribution in [0.15, 0.2) is 30.5 Å². The van der Waals surface area contributed by atoms with Gasteiger partial charge in [0.05, 0.1) is 6.20 Å². The summed E-state index contributed by atoms with van der Waals surface area (Å²) in [7, 11) is 1.61. The predicted molar refractivity (Wildman–Crippen MR) is 68.3 cm³/mol. The number of hydrogen-bond acceptors (Lipinski definition) is 5. The number of nitrogen functional groups attached to an aromatic ring is 1. The number of hydrogen-bond donors (Lipinski definition) is 2. The SMILES string of the molecule is CN(Cc1ccccc1F)c1nc(NN)ncc1F. The van der Waals surface area contributed by atoms with E-state index in [2.05, 4.69) is 15.4 Å². The van der Waals surface area contributed by atoms with Crippen molar-refractivity contribution in [1.29, 1.82) is 0 Å². The van der Waals surface area contributed by atoms with Crippen molar-refractivity contribution in [2.75, 3.05) is 17.4 Å². The second-order valence-electron chi connectivity index (χ2n) is 3.96. The van der Waals surface area contributed by atoms with E-state index in [1.807, 2.05) is 0 Å². The van der Waals surface area contributed by atoms with Crippen LogP contribution in [-0.4, -0.2) is 17.0 Å². The fraction of sp³-hybridized carbons (Fsp3) is 0.167. The van der Waals surface area contributed by atoms with E-state index in [4.69, 9.17) is 5.84 Å². The van der Waals surface area contributed by atoms with Gasteiger partial charge in [0.2, 0.25) is 5.95 Å². The zero-order chi connectivity index (χ0) is 13.8. The van der Waals surface area contributed by atoms with Crippen molar-refractivity contribution < 1.29 is 8.78 Å². The lowest BCUT2D eigenvalue weighted by atomic mass is 10.2. The molecule has 0 unspecified atom stereocenters. The molecule has 0 radical (unpaired) electrons. The molecule has 1 aromatic heterocycles. The minimum absolute atomic E-state index is 0.0474. The summed E-state index contributed by atoms with van der Waals surface area (Å²) < 4.78 is 27.2. The minimum atomic E-state index is -0.599. The molecule has 2 rings (SSSR count). The number of nitrogens with two attached hydrogens (primary N) is 1. The van der Waals surface area contributed by atoms with Crippen molar-refractivity contribution in [3.05, 3.63) is 47.7 Å². The highest BCUT2D eigenvalue weighted by Crippen LogP contribution is 2.18. The van der Waals surface area contributed by atoms with Crippen molar-refractivity contribution in [3.8, 4) is 0 Å². The van der Waals surface area contributed by atoms with E-state index in [-0.39, 0.29) is 24.1 Å². The van der Waals surface area contributed by atoms with Crippen LogP contribution in [0.1, 0.15) is 5.56 Å². The number of aromatic nitrogens is 2. The van der Waals surface area contributed by atoms with Crippen LogP contribution >= 0.6 is 0 Å². The van der Waals surface area contributed by atoms with Crippen LogP contribution in [0.2, 0.25) is 0 Å². The van der Waals surface area contributed by atoms with Gasteiger partial charge in [-0.05, 0) is 6.07 Å². The molecule has 2 aromatic rings. The predicted octanol–water partition coefficient (Wildman–Crippen LogP) is 1.68. The monoisotopic (exact) mass is 265 g/mol. The highest BCUT2D eigenvalue weighted by atomic mass is 19.1. The summed E-state index contributed by atoms with van der Waals surface area (Å²) in [5, 5.41) is 0. The molecule has 0 fully saturated rings. The first-order chi connectivity index (χ1) is 9.11. The number of rotatable bonds is 4. The van der Waals surface area contributed by atoms with Crippen LogP contribution in [0.3, 0.4) is 0 Å². The second-order valence-corrected chi connectivity index (χ2v) is 3.96. The number of benzene rings is 1. The van der Waals surface area contributed by atoms with Gasteiger partial charge in [0, 0.05) is 19.2 Å². The van der Waals surface area contributed by atoms with Gasteiger partial charge in [-0.1, -0.05) is 18.2 Å². The number of nitrogens with one attached hydrogen (secondary N) is 1. The van der Waals surface area contributed by atoms with Crippen molar-refractivity contribution in [2.24, 2.45) is 5.84 Å². The molecule has 0 amide bonds. The molecule has 0 saturated carbocycles. The Morgan fingerprint density at radius 1 is 1.26 bits per heavy atom. The lowest BCUT2D eigenvalue weighted by Crippen LogP contribution is -2.21. The van der Waals surface area contributed by atoms with Gasteiger partial charge in [-0.2, -0.15) is 4.98 Å². The third-order valence-corrected chi connectivity index (χ3v) is 2.58. The molecule has 3 N–H and O–H groups in total. The lowest BCUT2D eigenvalue weighted by Gasteiger charge is -2.19. The quantitative estimate of drug-likeness (QED) is 0.650. The van der Waals surface area contributed by atoms with Crippen molar-refractivity contribution >= 4 is 11.8 Å². The molecule has 0 aliphatic carbocycles. The maximum atomic E-state index is 13.6. The van der Waals surface area contributed by atoms with Gasteiger partial charge in [-0.15, -0.1) is 0 Å². The molecule has 0 aliphatic rings. The van der Waals surface area contributed by atoms with E-state index < -0.39 is 5.82 Å². The Bertz CT molecular complexity index is 576. The molecule has 100 valence electrons. The first kappa shape index (κ1) is 13.2. The molecular weight excluding hydrogens is 252 g/mol. The largest absolute Gasteiger partial charge is 0.353 e. The number of hydrazine groups is 1. The van der Waals surface area contributed by atoms with E-state index in [0.717, 1.165) is 6.20 Å². The molecule has 0 aliphatic heterocycles. The standard InChI is InChI=1S/C12H13F2N5/c1-19(7-8-4-2-3-5-9(8)13)11-10(14)6-16-12(17-11)18-15/h2-6H,7,15H2,1H3,(H,16,17,18). The van der Waals surface area contributed by atoms with Gasteiger partial charge in [0.25, 0.3) is 0 Å². The fourth-order valence-corrected chi connectivity index (χ4v) is 1.65. The third kappa shape index (κ3) is 2.94. The third-order valence-electron chi connectivity index (χ3n) is 2.58. The summed E-state index contributed by atoms with van der Waals surface area (Å²) in [6, 6.07) is 6.30. The Hall–Kier alpha value is -2.28. The Kier molecular flexibility index (Phi) is 3.86. The summed E-state index contributed by atoms with van der Waals surface area (Å²) in [4.78, 5) is 9.02. The van der Waals surface area contributed by atoms with Crippen LogP contribution < -0.4 is 16.2 Å². The summed E-state index contributed by atoms with van der Waals surface area (Å²) in [6.45, 7) is 0.185. The second kappa shape index (κ2) is 5.57.